The summed E-state index contributed by atoms with van der Waals surface area (Å²) in [7, 11) is 0. The number of hydrogen-bond donors (Lipinski definition) is 0. The van der Waals surface area contributed by atoms with Crippen LogP contribution in [0.1, 0.15) is 34.0 Å². The van der Waals surface area contributed by atoms with Crippen molar-refractivity contribution in [2.75, 3.05) is 26.2 Å². The number of amides is 2. The highest BCUT2D eigenvalue weighted by atomic mass is 35.5. The van der Waals surface area contributed by atoms with Crippen LogP contribution in [0, 0.1) is 0 Å². The Balaban J connectivity index is 1.56. The Morgan fingerprint density at radius 1 is 1.00 bits per heavy atom. The Hall–Kier alpha value is -4.22. The first kappa shape index (κ1) is 29.3. The number of carbonyl (C=O) groups is 3. The van der Waals surface area contributed by atoms with Gasteiger partial charge in [-0.05, 0) is 35.8 Å². The average Bonchev–Trinajstić information content (AvgIpc) is 3.41. The molecule has 12 heteroatoms. The molecule has 2 heterocycles. The Kier molecular flexibility index (Phi) is 8.07. The van der Waals surface area contributed by atoms with Crippen LogP contribution in [-0.4, -0.2) is 65.8 Å². The van der Waals surface area contributed by atoms with E-state index in [9.17, 15) is 27.6 Å². The number of alkyl halides is 3. The summed E-state index contributed by atoms with van der Waals surface area (Å²) in [4.78, 5) is 52.7. The zero-order chi connectivity index (χ0) is 30.1. The second kappa shape index (κ2) is 11.6. The lowest BCUT2D eigenvalue weighted by Crippen LogP contribution is -2.58. The highest BCUT2D eigenvalue weighted by Crippen LogP contribution is 2.37. The number of amidine groups is 1. The first-order chi connectivity index (χ1) is 20.0. The van der Waals surface area contributed by atoms with Crippen LogP contribution in [0.3, 0.4) is 0 Å². The van der Waals surface area contributed by atoms with E-state index >= 15 is 0 Å². The second-order valence-electron chi connectivity index (χ2n) is 9.95. The van der Waals surface area contributed by atoms with E-state index < -0.39 is 41.7 Å². The average molecular weight is 600 g/mol. The van der Waals surface area contributed by atoms with Crippen molar-refractivity contribution in [3.05, 3.63) is 100 Å². The van der Waals surface area contributed by atoms with Gasteiger partial charge in [-0.15, -0.1) is 0 Å². The fourth-order valence-corrected chi connectivity index (χ4v) is 5.29. The summed E-state index contributed by atoms with van der Waals surface area (Å²) in [5.41, 5.74) is 1.89. The molecule has 0 radical (unpaired) electrons. The fourth-order valence-electron chi connectivity index (χ4n) is 5.17. The van der Waals surface area contributed by atoms with E-state index in [-0.39, 0.29) is 17.8 Å². The number of quaternary nitrogens is 1. The number of likely N-dealkylation sites (N-methyl/N-ethyl adjacent to an activating group) is 1. The molecule has 0 N–H and O–H groups in total. The molecule has 0 aromatic heterocycles. The Morgan fingerprint density at radius 3 is 2.36 bits per heavy atom. The first-order valence-electron chi connectivity index (χ1n) is 13.3. The number of para-hydroxylation sites is 1. The van der Waals surface area contributed by atoms with Crippen molar-refractivity contribution in [2.45, 2.75) is 26.2 Å². The molecule has 0 saturated heterocycles. The van der Waals surface area contributed by atoms with Gasteiger partial charge in [0.1, 0.15) is 12.4 Å². The number of fused-ring (bicyclic) bond motifs is 1. The number of rotatable bonds is 6. The van der Waals surface area contributed by atoms with E-state index in [1.807, 2.05) is 6.92 Å². The summed E-state index contributed by atoms with van der Waals surface area (Å²) in [5.74, 6) is -3.15. The van der Waals surface area contributed by atoms with Crippen molar-refractivity contribution in [2.24, 2.45) is 4.99 Å². The van der Waals surface area contributed by atoms with Gasteiger partial charge in [0.25, 0.3) is 5.91 Å². The monoisotopic (exact) mass is 599 g/mol. The molecule has 0 saturated carbocycles. The van der Waals surface area contributed by atoms with Gasteiger partial charge in [-0.3, -0.25) is 14.6 Å². The van der Waals surface area contributed by atoms with Crippen LogP contribution < -0.4 is 4.65 Å². The predicted molar refractivity (Wildman–Crippen MR) is 150 cm³/mol. The largest absolute Gasteiger partial charge is 0.497 e. The molecule has 42 heavy (non-hydrogen) atoms. The van der Waals surface area contributed by atoms with Crippen LogP contribution >= 0.6 is 11.6 Å². The van der Waals surface area contributed by atoms with Gasteiger partial charge in [0.2, 0.25) is 0 Å². The fraction of sp³-hybridized carbons (Fsp3) is 0.267. The molecule has 2 amide bonds. The third kappa shape index (κ3) is 5.75. The Labute approximate surface area is 245 Å². The molecule has 3 aromatic rings. The van der Waals surface area contributed by atoms with E-state index in [0.717, 1.165) is 24.5 Å². The zero-order valence-electron chi connectivity index (χ0n) is 22.6. The third-order valence-electron chi connectivity index (χ3n) is 7.25. The summed E-state index contributed by atoms with van der Waals surface area (Å²) < 4.78 is 39.3. The number of halogens is 4. The number of nitrogens with zero attached hydrogens (tertiary/aromatic N) is 4. The summed E-state index contributed by atoms with van der Waals surface area (Å²) >= 11 is 5.95. The smallest absolute Gasteiger partial charge is 0.355 e. The van der Waals surface area contributed by atoms with Crippen molar-refractivity contribution in [1.82, 2.24) is 14.4 Å². The van der Waals surface area contributed by atoms with Gasteiger partial charge in [-0.1, -0.05) is 54.1 Å². The Morgan fingerprint density at radius 2 is 1.69 bits per heavy atom. The van der Waals surface area contributed by atoms with E-state index in [2.05, 4.69) is 9.89 Å². The van der Waals surface area contributed by atoms with Gasteiger partial charge >= 0.3 is 18.1 Å². The van der Waals surface area contributed by atoms with Gasteiger partial charge in [-0.2, -0.15) is 13.2 Å². The van der Waals surface area contributed by atoms with Gasteiger partial charge < -0.3 is 9.80 Å². The molecule has 218 valence electrons. The SMILES string of the molecule is CCN1CCN=C1c1ccc(C[N+]2(OC(=O)C(F)(F)F)C(=O)CN(C(=O)c3ccc(Cl)cc3)Cc3ccccc32)cc1. The van der Waals surface area contributed by atoms with Crippen LogP contribution in [0.15, 0.2) is 77.8 Å². The quantitative estimate of drug-likeness (QED) is 0.367. The number of aliphatic imine (C=N–C) groups is 1. The van der Waals surface area contributed by atoms with Crippen LogP contribution in [0.25, 0.3) is 0 Å². The van der Waals surface area contributed by atoms with E-state index in [1.165, 1.54) is 41.3 Å². The second-order valence-corrected chi connectivity index (χ2v) is 10.4. The third-order valence-corrected chi connectivity index (χ3v) is 7.50. The minimum Gasteiger partial charge on any atom is -0.355 e. The molecular weight excluding hydrogens is 573 g/mol. The maximum Gasteiger partial charge on any atom is 0.497 e. The van der Waals surface area contributed by atoms with Crippen LogP contribution in [0.5, 0.6) is 0 Å². The molecule has 2 aliphatic heterocycles. The van der Waals surface area contributed by atoms with Crippen LogP contribution in [0.2, 0.25) is 5.02 Å². The first-order valence-corrected chi connectivity index (χ1v) is 13.6. The summed E-state index contributed by atoms with van der Waals surface area (Å²) in [6.07, 6.45) is -5.36. The van der Waals surface area contributed by atoms with Crippen LogP contribution in [-0.2, 0) is 27.5 Å². The lowest BCUT2D eigenvalue weighted by Gasteiger charge is -2.31. The molecule has 1 atom stereocenters. The van der Waals surface area contributed by atoms with Crippen molar-refractivity contribution < 1.29 is 32.4 Å². The molecule has 2 aliphatic rings. The number of benzene rings is 3. The van der Waals surface area contributed by atoms with Gasteiger partial charge in [0, 0.05) is 46.4 Å². The molecule has 3 aromatic carbocycles. The summed E-state index contributed by atoms with van der Waals surface area (Å²) in [6.45, 7) is 3.10. The molecule has 8 nitrogen and oxygen atoms in total. The highest BCUT2D eigenvalue weighted by Gasteiger charge is 2.55. The minimum atomic E-state index is -5.36. The predicted octanol–water partition coefficient (Wildman–Crippen LogP) is 5.13. The normalized spacial score (nSPS) is 18.8. The molecule has 0 fully saturated rings. The van der Waals surface area contributed by atoms with Crippen LogP contribution in [0.4, 0.5) is 18.9 Å². The molecule has 5 rings (SSSR count). The number of hydroxylamine groups is 2. The van der Waals surface area contributed by atoms with E-state index in [0.29, 0.717) is 22.7 Å². The molecular formula is C30H27ClF3N4O4+. The standard InChI is InChI=1S/C30H27ClF3N4O4/c1-2-36-16-15-35-27(36)21-9-7-20(8-10-21)19-38(42-29(41)30(32,33)34)25-6-4-3-5-23(25)17-37(18-26(38)39)28(40)22-11-13-24(31)14-12-22/h3-14H,2,15-19H2,1H3/q+1. The lowest BCUT2D eigenvalue weighted by atomic mass is 10.1. The lowest BCUT2D eigenvalue weighted by molar-refractivity contribution is -0.235. The Bertz CT molecular complexity index is 1540. The maximum absolute atomic E-state index is 14.0. The van der Waals surface area contributed by atoms with Gasteiger partial charge in [0.05, 0.1) is 13.1 Å². The highest BCUT2D eigenvalue weighted by molar-refractivity contribution is 6.30. The maximum atomic E-state index is 14.0. The number of hydrogen-bond acceptors (Lipinski definition) is 6. The number of carbonyl (C=O) groups excluding carboxylic acids is 3. The van der Waals surface area contributed by atoms with Crippen molar-refractivity contribution in [1.29, 1.82) is 0 Å². The molecule has 1 unspecified atom stereocenters. The molecule has 0 spiro atoms. The van der Waals surface area contributed by atoms with Gasteiger partial charge in [0.15, 0.2) is 12.2 Å². The minimum absolute atomic E-state index is 0.0351. The summed E-state index contributed by atoms with van der Waals surface area (Å²) in [5, 5.41) is 0.409. The van der Waals surface area contributed by atoms with Crippen molar-refractivity contribution >= 4 is 40.9 Å². The van der Waals surface area contributed by atoms with E-state index in [4.69, 9.17) is 16.4 Å². The summed E-state index contributed by atoms with van der Waals surface area (Å²) in [6, 6.07) is 19.1. The van der Waals surface area contributed by atoms with Gasteiger partial charge in [-0.25, -0.2) is 9.59 Å². The molecule has 0 bridgehead atoms. The topological polar surface area (TPSA) is 79.3 Å². The zero-order valence-corrected chi connectivity index (χ0v) is 23.4. The van der Waals surface area contributed by atoms with Crippen molar-refractivity contribution in [3.63, 3.8) is 0 Å². The van der Waals surface area contributed by atoms with E-state index in [1.54, 1.807) is 36.4 Å². The molecule has 0 aliphatic carbocycles. The van der Waals surface area contributed by atoms with Crippen molar-refractivity contribution in [3.8, 4) is 0 Å².